The summed E-state index contributed by atoms with van der Waals surface area (Å²) in [5.41, 5.74) is 1.16. The van der Waals surface area contributed by atoms with Gasteiger partial charge in [-0.1, -0.05) is 26.0 Å². The van der Waals surface area contributed by atoms with Crippen LogP contribution in [0.5, 0.6) is 0 Å². The zero-order valence-corrected chi connectivity index (χ0v) is 13.0. The van der Waals surface area contributed by atoms with Crippen molar-refractivity contribution in [3.8, 4) is 0 Å². The molecule has 1 amide bonds. The van der Waals surface area contributed by atoms with E-state index in [-0.39, 0.29) is 11.7 Å². The summed E-state index contributed by atoms with van der Waals surface area (Å²) in [6.07, 6.45) is 2.58. The van der Waals surface area contributed by atoms with E-state index in [2.05, 4.69) is 11.8 Å². The molecule has 1 atom stereocenters. The Morgan fingerprint density at radius 2 is 1.86 bits per heavy atom. The zero-order chi connectivity index (χ0) is 15.2. The van der Waals surface area contributed by atoms with Crippen molar-refractivity contribution < 1.29 is 9.18 Å². The van der Waals surface area contributed by atoms with Crippen LogP contribution in [0.4, 0.5) is 4.39 Å². The van der Waals surface area contributed by atoms with Crippen LogP contribution in [-0.2, 0) is 4.79 Å². The lowest BCUT2D eigenvalue weighted by Gasteiger charge is -2.30. The molecule has 21 heavy (non-hydrogen) atoms. The lowest BCUT2D eigenvalue weighted by atomic mass is 10.0. The minimum Gasteiger partial charge on any atom is -0.341 e. The van der Waals surface area contributed by atoms with Gasteiger partial charge in [0.05, 0.1) is 0 Å². The first-order valence-electron chi connectivity index (χ1n) is 7.93. The summed E-state index contributed by atoms with van der Waals surface area (Å²) < 4.78 is 13.1. The molecule has 3 nitrogen and oxygen atoms in total. The smallest absolute Gasteiger partial charge is 0.222 e. The van der Waals surface area contributed by atoms with Crippen LogP contribution in [-0.4, -0.2) is 41.9 Å². The molecule has 1 fully saturated rings. The average molecular weight is 292 g/mol. The number of amides is 1. The second kappa shape index (κ2) is 7.55. The highest BCUT2D eigenvalue weighted by atomic mass is 19.1. The third-order valence-electron chi connectivity index (χ3n) is 4.27. The minimum absolute atomic E-state index is 0.191. The van der Waals surface area contributed by atoms with Crippen molar-refractivity contribution in [2.75, 3.05) is 26.2 Å². The maximum atomic E-state index is 13.1. The van der Waals surface area contributed by atoms with E-state index in [0.29, 0.717) is 12.5 Å². The van der Waals surface area contributed by atoms with E-state index in [0.717, 1.165) is 44.6 Å². The van der Waals surface area contributed by atoms with Crippen LogP contribution >= 0.6 is 0 Å². The summed E-state index contributed by atoms with van der Waals surface area (Å²) in [7, 11) is 0. The Bertz CT molecular complexity index is 460. The molecule has 1 saturated heterocycles. The van der Waals surface area contributed by atoms with Gasteiger partial charge in [-0.15, -0.1) is 0 Å². The SMILES string of the molecule is CCC(=O)N1CCCN(C(CC)c2ccc(F)cc2)CC1. The summed E-state index contributed by atoms with van der Waals surface area (Å²) in [6.45, 7) is 7.60. The monoisotopic (exact) mass is 292 g/mol. The van der Waals surface area contributed by atoms with Gasteiger partial charge in [0.15, 0.2) is 0 Å². The van der Waals surface area contributed by atoms with Crippen LogP contribution in [0.15, 0.2) is 24.3 Å². The molecular weight excluding hydrogens is 267 g/mol. The summed E-state index contributed by atoms with van der Waals surface area (Å²) in [4.78, 5) is 16.2. The Morgan fingerprint density at radius 1 is 1.14 bits per heavy atom. The first-order valence-corrected chi connectivity index (χ1v) is 7.93. The van der Waals surface area contributed by atoms with Crippen LogP contribution in [0, 0.1) is 5.82 Å². The fourth-order valence-electron chi connectivity index (χ4n) is 3.11. The van der Waals surface area contributed by atoms with Crippen molar-refractivity contribution in [1.29, 1.82) is 0 Å². The molecule has 0 radical (unpaired) electrons. The molecule has 116 valence electrons. The van der Waals surface area contributed by atoms with Gasteiger partial charge in [0.25, 0.3) is 0 Å². The van der Waals surface area contributed by atoms with Gasteiger partial charge in [0, 0.05) is 38.6 Å². The molecule has 1 aromatic rings. The van der Waals surface area contributed by atoms with Gasteiger partial charge in [-0.05, 0) is 30.5 Å². The van der Waals surface area contributed by atoms with Crippen molar-refractivity contribution in [2.24, 2.45) is 0 Å². The molecule has 0 N–H and O–H groups in total. The van der Waals surface area contributed by atoms with Crippen LogP contribution in [0.1, 0.15) is 44.7 Å². The Morgan fingerprint density at radius 3 is 2.48 bits per heavy atom. The van der Waals surface area contributed by atoms with Crippen molar-refractivity contribution in [1.82, 2.24) is 9.80 Å². The van der Waals surface area contributed by atoms with E-state index in [1.54, 1.807) is 0 Å². The van der Waals surface area contributed by atoms with Crippen molar-refractivity contribution in [3.63, 3.8) is 0 Å². The van der Waals surface area contributed by atoms with E-state index in [4.69, 9.17) is 0 Å². The molecule has 1 heterocycles. The van der Waals surface area contributed by atoms with E-state index in [9.17, 15) is 9.18 Å². The predicted molar refractivity (Wildman–Crippen MR) is 82.5 cm³/mol. The van der Waals surface area contributed by atoms with E-state index in [1.165, 1.54) is 12.1 Å². The summed E-state index contributed by atoms with van der Waals surface area (Å²) >= 11 is 0. The van der Waals surface area contributed by atoms with Gasteiger partial charge >= 0.3 is 0 Å². The van der Waals surface area contributed by atoms with Gasteiger partial charge in [0.2, 0.25) is 5.91 Å². The normalized spacial score (nSPS) is 18.3. The quantitative estimate of drug-likeness (QED) is 0.850. The van der Waals surface area contributed by atoms with E-state index < -0.39 is 0 Å². The van der Waals surface area contributed by atoms with Gasteiger partial charge in [0.1, 0.15) is 5.82 Å². The molecule has 4 heteroatoms. The number of hydrogen-bond acceptors (Lipinski definition) is 2. The first-order chi connectivity index (χ1) is 10.2. The molecule has 1 unspecified atom stereocenters. The summed E-state index contributed by atoms with van der Waals surface area (Å²) in [6, 6.07) is 7.13. The number of carbonyl (C=O) groups is 1. The highest BCUT2D eigenvalue weighted by molar-refractivity contribution is 5.75. The second-order valence-electron chi connectivity index (χ2n) is 5.60. The molecule has 0 bridgehead atoms. The Labute approximate surface area is 126 Å². The number of hydrogen-bond donors (Lipinski definition) is 0. The number of rotatable bonds is 4. The van der Waals surface area contributed by atoms with Crippen LogP contribution in [0.3, 0.4) is 0 Å². The third kappa shape index (κ3) is 4.03. The molecule has 0 aliphatic carbocycles. The van der Waals surface area contributed by atoms with Crippen molar-refractivity contribution in [3.05, 3.63) is 35.6 Å². The maximum absolute atomic E-state index is 13.1. The number of benzene rings is 1. The fraction of sp³-hybridized carbons (Fsp3) is 0.588. The first kappa shape index (κ1) is 16.0. The molecule has 2 rings (SSSR count). The minimum atomic E-state index is -0.191. The Kier molecular flexibility index (Phi) is 5.74. The molecule has 1 aliphatic heterocycles. The standard InChI is InChI=1S/C17H25FN2O/c1-3-16(14-6-8-15(18)9-7-14)19-10-5-11-20(13-12-19)17(21)4-2/h6-9,16H,3-5,10-13H2,1-2H3. The second-order valence-corrected chi connectivity index (χ2v) is 5.60. The predicted octanol–water partition coefficient (Wildman–Crippen LogP) is 3.22. The van der Waals surface area contributed by atoms with Crippen LogP contribution in [0.2, 0.25) is 0 Å². The van der Waals surface area contributed by atoms with Crippen molar-refractivity contribution in [2.45, 2.75) is 39.2 Å². The lowest BCUT2D eigenvalue weighted by Crippen LogP contribution is -2.36. The zero-order valence-electron chi connectivity index (χ0n) is 13.0. The molecule has 0 aromatic heterocycles. The van der Waals surface area contributed by atoms with Crippen molar-refractivity contribution >= 4 is 5.91 Å². The lowest BCUT2D eigenvalue weighted by molar-refractivity contribution is -0.130. The summed E-state index contributed by atoms with van der Waals surface area (Å²) in [5.74, 6) is 0.0517. The third-order valence-corrected chi connectivity index (χ3v) is 4.27. The number of halogens is 1. The molecule has 0 spiro atoms. The molecule has 1 aromatic carbocycles. The van der Waals surface area contributed by atoms with Crippen LogP contribution < -0.4 is 0 Å². The number of carbonyl (C=O) groups excluding carboxylic acids is 1. The van der Waals surface area contributed by atoms with Gasteiger partial charge in [-0.2, -0.15) is 0 Å². The Hall–Kier alpha value is -1.42. The van der Waals surface area contributed by atoms with E-state index >= 15 is 0 Å². The molecule has 1 aliphatic rings. The molecular formula is C17H25FN2O. The molecule has 0 saturated carbocycles. The largest absolute Gasteiger partial charge is 0.341 e. The maximum Gasteiger partial charge on any atom is 0.222 e. The highest BCUT2D eigenvalue weighted by Gasteiger charge is 2.23. The highest BCUT2D eigenvalue weighted by Crippen LogP contribution is 2.25. The van der Waals surface area contributed by atoms with Gasteiger partial charge in [-0.25, -0.2) is 4.39 Å². The Balaban J connectivity index is 2.05. The fourth-order valence-corrected chi connectivity index (χ4v) is 3.11. The summed E-state index contributed by atoms with van der Waals surface area (Å²) in [5, 5.41) is 0. The van der Waals surface area contributed by atoms with Gasteiger partial charge in [-0.3, -0.25) is 9.69 Å². The van der Waals surface area contributed by atoms with Gasteiger partial charge < -0.3 is 4.90 Å². The number of nitrogens with zero attached hydrogens (tertiary/aromatic N) is 2. The average Bonchev–Trinajstić information content (AvgIpc) is 2.75. The van der Waals surface area contributed by atoms with E-state index in [1.807, 2.05) is 24.0 Å². The van der Waals surface area contributed by atoms with Crippen LogP contribution in [0.25, 0.3) is 0 Å². The topological polar surface area (TPSA) is 23.6 Å².